The molecule has 7 nitrogen and oxygen atoms in total. The molecule has 1 unspecified atom stereocenters. The van der Waals surface area contributed by atoms with Crippen LogP contribution < -0.4 is 5.32 Å². The highest BCUT2D eigenvalue weighted by Gasteiger charge is 2.30. The van der Waals surface area contributed by atoms with Crippen molar-refractivity contribution in [1.29, 1.82) is 0 Å². The Balaban J connectivity index is 1.92. The molecule has 7 heteroatoms. The van der Waals surface area contributed by atoms with Gasteiger partial charge in [0, 0.05) is 23.7 Å². The number of nitrogens with one attached hydrogen (secondary N) is 1. The van der Waals surface area contributed by atoms with Gasteiger partial charge in [0.2, 0.25) is 5.91 Å². The minimum absolute atomic E-state index is 0.120. The molecular formula is C22H24N4O3. The summed E-state index contributed by atoms with van der Waals surface area (Å²) in [7, 11) is 0. The number of pyridine rings is 1. The third kappa shape index (κ3) is 4.68. The lowest BCUT2D eigenvalue weighted by molar-refractivity contribution is -0.147. The average Bonchev–Trinajstić information content (AvgIpc) is 3.02. The van der Waals surface area contributed by atoms with E-state index in [1.807, 2.05) is 50.2 Å². The first-order chi connectivity index (χ1) is 14.0. The Morgan fingerprint density at radius 3 is 2.55 bits per heavy atom. The number of benzene rings is 1. The van der Waals surface area contributed by atoms with E-state index in [0.717, 1.165) is 16.9 Å². The van der Waals surface area contributed by atoms with E-state index in [-0.39, 0.29) is 18.9 Å². The second-order valence-corrected chi connectivity index (χ2v) is 6.62. The van der Waals surface area contributed by atoms with Gasteiger partial charge in [0.25, 0.3) is 0 Å². The molecule has 0 aliphatic heterocycles. The third-order valence-electron chi connectivity index (χ3n) is 4.55. The summed E-state index contributed by atoms with van der Waals surface area (Å²) in [5.74, 6) is -0.798. The van der Waals surface area contributed by atoms with Crippen molar-refractivity contribution < 1.29 is 14.3 Å². The second kappa shape index (κ2) is 9.14. The number of hydrogen-bond acceptors (Lipinski definition) is 5. The van der Waals surface area contributed by atoms with E-state index >= 15 is 0 Å². The number of esters is 1. The molecule has 29 heavy (non-hydrogen) atoms. The summed E-state index contributed by atoms with van der Waals surface area (Å²) in [6, 6.07) is 12.3. The zero-order valence-electron chi connectivity index (χ0n) is 16.8. The van der Waals surface area contributed by atoms with Crippen LogP contribution in [0.5, 0.6) is 0 Å². The number of carbonyl (C=O) groups is 2. The van der Waals surface area contributed by atoms with Crippen molar-refractivity contribution in [3.8, 4) is 5.69 Å². The zero-order chi connectivity index (χ0) is 20.8. The molecule has 3 rings (SSSR count). The summed E-state index contributed by atoms with van der Waals surface area (Å²) in [5.41, 5.74) is 3.72. The van der Waals surface area contributed by atoms with Crippen LogP contribution in [0.15, 0.2) is 54.9 Å². The highest BCUT2D eigenvalue weighted by Crippen LogP contribution is 2.25. The molecule has 1 atom stereocenters. The Bertz CT molecular complexity index is 984. The van der Waals surface area contributed by atoms with Crippen molar-refractivity contribution in [2.45, 2.75) is 33.2 Å². The van der Waals surface area contributed by atoms with Crippen LogP contribution in [0.25, 0.3) is 5.69 Å². The maximum Gasteiger partial charge on any atom is 0.333 e. The lowest BCUT2D eigenvalue weighted by Gasteiger charge is -2.18. The summed E-state index contributed by atoms with van der Waals surface area (Å²) in [5, 5.41) is 7.40. The fraction of sp³-hybridized carbons (Fsp3) is 0.273. The lowest BCUT2D eigenvalue weighted by Crippen LogP contribution is -2.36. The number of ether oxygens (including phenoxy) is 1. The van der Waals surface area contributed by atoms with Gasteiger partial charge in [-0.3, -0.25) is 9.78 Å². The first-order valence-corrected chi connectivity index (χ1v) is 9.47. The molecule has 1 N–H and O–H groups in total. The van der Waals surface area contributed by atoms with Crippen LogP contribution in [0.4, 0.5) is 0 Å². The SMILES string of the molecule is CCOC(=O)C(NC(=O)Cc1cccnc1)c1c(C)nn(-c2ccccc2)c1C. The van der Waals surface area contributed by atoms with Gasteiger partial charge in [-0.05, 0) is 44.5 Å². The fourth-order valence-electron chi connectivity index (χ4n) is 3.27. The number of aryl methyl sites for hydroxylation is 1. The summed E-state index contributed by atoms with van der Waals surface area (Å²) in [4.78, 5) is 29.3. The molecule has 150 valence electrons. The first kappa shape index (κ1) is 20.3. The van der Waals surface area contributed by atoms with Crippen molar-refractivity contribution >= 4 is 11.9 Å². The maximum atomic E-state index is 12.7. The van der Waals surface area contributed by atoms with Gasteiger partial charge in [-0.2, -0.15) is 5.10 Å². The molecule has 0 aliphatic carbocycles. The molecule has 0 fully saturated rings. The van der Waals surface area contributed by atoms with Crippen molar-refractivity contribution in [2.75, 3.05) is 6.61 Å². The van der Waals surface area contributed by atoms with Gasteiger partial charge in [0.15, 0.2) is 6.04 Å². The predicted molar refractivity (Wildman–Crippen MR) is 108 cm³/mol. The number of amides is 1. The Kier molecular flexibility index (Phi) is 6.39. The van der Waals surface area contributed by atoms with E-state index in [9.17, 15) is 9.59 Å². The van der Waals surface area contributed by atoms with Crippen LogP contribution >= 0.6 is 0 Å². The fourth-order valence-corrected chi connectivity index (χ4v) is 3.27. The highest BCUT2D eigenvalue weighted by molar-refractivity contribution is 5.87. The summed E-state index contributed by atoms with van der Waals surface area (Å²) >= 11 is 0. The molecule has 0 aliphatic rings. The predicted octanol–water partition coefficient (Wildman–Crippen LogP) is 2.85. The summed E-state index contributed by atoms with van der Waals surface area (Å²) in [6.07, 6.45) is 3.39. The van der Waals surface area contributed by atoms with E-state index in [2.05, 4.69) is 15.4 Å². The molecule has 2 heterocycles. The van der Waals surface area contributed by atoms with Crippen molar-refractivity contribution in [2.24, 2.45) is 0 Å². The van der Waals surface area contributed by atoms with Gasteiger partial charge in [0.05, 0.1) is 24.4 Å². The number of rotatable bonds is 7. The smallest absolute Gasteiger partial charge is 0.333 e. The van der Waals surface area contributed by atoms with Crippen molar-refractivity contribution in [1.82, 2.24) is 20.1 Å². The monoisotopic (exact) mass is 392 g/mol. The third-order valence-corrected chi connectivity index (χ3v) is 4.55. The lowest BCUT2D eigenvalue weighted by atomic mass is 10.0. The molecule has 0 radical (unpaired) electrons. The zero-order valence-corrected chi connectivity index (χ0v) is 16.8. The molecule has 2 aromatic heterocycles. The first-order valence-electron chi connectivity index (χ1n) is 9.47. The van der Waals surface area contributed by atoms with Crippen LogP contribution in [0.1, 0.15) is 35.5 Å². The molecule has 3 aromatic rings. The molecule has 0 saturated heterocycles. The summed E-state index contributed by atoms with van der Waals surface area (Å²) < 4.78 is 7.00. The van der Waals surface area contributed by atoms with Crippen molar-refractivity contribution in [3.63, 3.8) is 0 Å². The van der Waals surface area contributed by atoms with Gasteiger partial charge in [-0.15, -0.1) is 0 Å². The normalized spacial score (nSPS) is 11.7. The largest absolute Gasteiger partial charge is 0.464 e. The molecule has 0 saturated carbocycles. The Hall–Kier alpha value is -3.48. The molecular weight excluding hydrogens is 368 g/mol. The van der Waals surface area contributed by atoms with Crippen LogP contribution in [0, 0.1) is 13.8 Å². The van der Waals surface area contributed by atoms with Gasteiger partial charge < -0.3 is 10.1 Å². The van der Waals surface area contributed by atoms with Crippen LogP contribution in [0.2, 0.25) is 0 Å². The quantitative estimate of drug-likeness (QED) is 0.625. The number of carbonyl (C=O) groups excluding carboxylic acids is 2. The van der Waals surface area contributed by atoms with E-state index in [1.165, 1.54) is 0 Å². The molecule has 1 amide bonds. The topological polar surface area (TPSA) is 86.1 Å². The minimum Gasteiger partial charge on any atom is -0.464 e. The Morgan fingerprint density at radius 1 is 1.14 bits per heavy atom. The second-order valence-electron chi connectivity index (χ2n) is 6.62. The van der Waals surface area contributed by atoms with Crippen LogP contribution in [-0.2, 0) is 20.7 Å². The van der Waals surface area contributed by atoms with Gasteiger partial charge in [-0.1, -0.05) is 24.3 Å². The minimum atomic E-state index is -0.934. The van der Waals surface area contributed by atoms with E-state index < -0.39 is 12.0 Å². The van der Waals surface area contributed by atoms with Crippen LogP contribution in [-0.4, -0.2) is 33.2 Å². The standard InChI is InChI=1S/C22H24N4O3/c1-4-29-22(28)21(24-19(27)13-17-9-8-12-23-14-17)20-15(2)25-26(16(20)3)18-10-6-5-7-11-18/h5-12,14,21H,4,13H2,1-3H3,(H,24,27). The number of aromatic nitrogens is 3. The average molecular weight is 392 g/mol. The van der Waals surface area contributed by atoms with E-state index in [0.29, 0.717) is 11.3 Å². The van der Waals surface area contributed by atoms with E-state index in [1.54, 1.807) is 30.1 Å². The van der Waals surface area contributed by atoms with Crippen molar-refractivity contribution in [3.05, 3.63) is 77.4 Å². The Labute approximate surface area is 169 Å². The molecule has 0 spiro atoms. The Morgan fingerprint density at radius 2 is 1.90 bits per heavy atom. The number of para-hydroxylation sites is 1. The van der Waals surface area contributed by atoms with Gasteiger partial charge >= 0.3 is 5.97 Å². The van der Waals surface area contributed by atoms with Gasteiger partial charge in [0.1, 0.15) is 0 Å². The number of nitrogens with zero attached hydrogens (tertiary/aromatic N) is 3. The highest BCUT2D eigenvalue weighted by atomic mass is 16.5. The molecule has 0 bridgehead atoms. The van der Waals surface area contributed by atoms with Crippen LogP contribution in [0.3, 0.4) is 0 Å². The number of hydrogen-bond donors (Lipinski definition) is 1. The maximum absolute atomic E-state index is 12.7. The van der Waals surface area contributed by atoms with Gasteiger partial charge in [-0.25, -0.2) is 9.48 Å². The van der Waals surface area contributed by atoms with E-state index in [4.69, 9.17) is 4.74 Å². The summed E-state index contributed by atoms with van der Waals surface area (Å²) in [6.45, 7) is 5.65. The molecule has 1 aromatic carbocycles.